The third kappa shape index (κ3) is 6.88. The number of nitrogens with zero attached hydrogens (tertiary/aromatic N) is 3. The van der Waals surface area contributed by atoms with Crippen LogP contribution in [-0.4, -0.2) is 45.4 Å². The minimum Gasteiger partial charge on any atom is -0.487 e. The highest BCUT2D eigenvalue weighted by Gasteiger charge is 2.20. The molecule has 0 aliphatic rings. The molecule has 0 spiro atoms. The number of allylic oxidation sites excluding steroid dienone is 4. The van der Waals surface area contributed by atoms with E-state index < -0.39 is 5.91 Å². The summed E-state index contributed by atoms with van der Waals surface area (Å²) in [4.78, 5) is 23.5. The van der Waals surface area contributed by atoms with Gasteiger partial charge in [-0.25, -0.2) is 4.68 Å². The van der Waals surface area contributed by atoms with E-state index >= 15 is 0 Å². The maximum Gasteiger partial charge on any atom is 0.273 e. The minimum atomic E-state index is -0.467. The molecule has 0 aliphatic carbocycles. The average molecular weight is 463 g/mol. The largest absolute Gasteiger partial charge is 0.487 e. The molecular weight excluding hydrogens is 436 g/mol. The number of benzene rings is 2. The number of para-hydroxylation sites is 1. The molecule has 3 aromatic rings. The van der Waals surface area contributed by atoms with Gasteiger partial charge in [-0.1, -0.05) is 47.7 Å². The van der Waals surface area contributed by atoms with Crippen LogP contribution in [0.15, 0.2) is 78.4 Å². The molecule has 2 aromatic carbocycles. The molecule has 0 saturated carbocycles. The van der Waals surface area contributed by atoms with Crippen LogP contribution in [0, 0.1) is 0 Å². The van der Waals surface area contributed by atoms with Crippen LogP contribution < -0.4 is 14.8 Å². The number of hydrogen-bond donors (Lipinski definition) is 2. The Morgan fingerprint density at radius 3 is 2.62 bits per heavy atom. The summed E-state index contributed by atoms with van der Waals surface area (Å²) in [5, 5.41) is 19.6. The van der Waals surface area contributed by atoms with Crippen molar-refractivity contribution in [3.8, 4) is 17.2 Å². The quantitative estimate of drug-likeness (QED) is 0.241. The van der Waals surface area contributed by atoms with E-state index in [1.54, 1.807) is 43.4 Å². The molecule has 34 heavy (non-hydrogen) atoms. The predicted molar refractivity (Wildman–Crippen MR) is 126 cm³/mol. The van der Waals surface area contributed by atoms with Crippen LogP contribution in [0.1, 0.15) is 23.1 Å². The van der Waals surface area contributed by atoms with Crippen molar-refractivity contribution in [1.29, 1.82) is 0 Å². The van der Waals surface area contributed by atoms with E-state index in [-0.39, 0.29) is 32.0 Å². The van der Waals surface area contributed by atoms with Gasteiger partial charge in [-0.05, 0) is 31.2 Å². The summed E-state index contributed by atoms with van der Waals surface area (Å²) >= 11 is 0. The van der Waals surface area contributed by atoms with Gasteiger partial charge in [0, 0.05) is 18.2 Å². The molecule has 9 nitrogen and oxygen atoms in total. The number of amides is 1. The number of aldehydes is 1. The summed E-state index contributed by atoms with van der Waals surface area (Å²) in [5.41, 5.74) is 1.07. The van der Waals surface area contributed by atoms with E-state index in [0.29, 0.717) is 28.5 Å². The number of aromatic nitrogens is 3. The third-order valence-electron chi connectivity index (χ3n) is 4.67. The smallest absolute Gasteiger partial charge is 0.273 e. The Hall–Kier alpha value is -4.24. The molecular formula is C25H26N4O5. The second-order valence-electron chi connectivity index (χ2n) is 7.03. The average Bonchev–Trinajstić information content (AvgIpc) is 3.27. The van der Waals surface area contributed by atoms with Crippen LogP contribution in [-0.2, 0) is 17.9 Å². The number of hydrogen-bond acceptors (Lipinski definition) is 7. The SMILES string of the molecule is C/C=C(C=O)\C=C/Cn1nnc(C(=O)NCCO)c1COc1cccc(Oc2ccccc2)c1. The molecule has 0 bridgehead atoms. The molecule has 1 heterocycles. The van der Waals surface area contributed by atoms with E-state index in [1.807, 2.05) is 36.4 Å². The molecule has 0 radical (unpaired) electrons. The zero-order valence-corrected chi connectivity index (χ0v) is 18.8. The fraction of sp³-hybridized carbons (Fsp3) is 0.200. The Kier molecular flexibility index (Phi) is 9.12. The second-order valence-corrected chi connectivity index (χ2v) is 7.03. The highest BCUT2D eigenvalue weighted by molar-refractivity contribution is 5.93. The molecule has 0 unspecified atom stereocenters. The van der Waals surface area contributed by atoms with Crippen molar-refractivity contribution in [3.05, 3.63) is 89.8 Å². The maximum absolute atomic E-state index is 12.5. The molecule has 1 aromatic heterocycles. The van der Waals surface area contributed by atoms with Gasteiger partial charge < -0.3 is 19.9 Å². The Bertz CT molecular complexity index is 1160. The lowest BCUT2D eigenvalue weighted by Crippen LogP contribution is -2.28. The highest BCUT2D eigenvalue weighted by atomic mass is 16.5. The monoisotopic (exact) mass is 462 g/mol. The van der Waals surface area contributed by atoms with Crippen molar-refractivity contribution in [2.75, 3.05) is 13.2 Å². The number of aliphatic hydroxyl groups is 1. The number of ether oxygens (including phenoxy) is 2. The summed E-state index contributed by atoms with van der Waals surface area (Å²) in [6, 6.07) is 16.5. The molecule has 3 rings (SSSR count). The van der Waals surface area contributed by atoms with Gasteiger partial charge in [0.25, 0.3) is 5.91 Å². The highest BCUT2D eigenvalue weighted by Crippen LogP contribution is 2.25. The summed E-state index contributed by atoms with van der Waals surface area (Å²) < 4.78 is 13.3. The van der Waals surface area contributed by atoms with Crippen molar-refractivity contribution in [1.82, 2.24) is 20.3 Å². The summed E-state index contributed by atoms with van der Waals surface area (Å²) in [6.45, 7) is 1.96. The van der Waals surface area contributed by atoms with Crippen LogP contribution in [0.2, 0.25) is 0 Å². The Balaban J connectivity index is 1.77. The molecule has 0 atom stereocenters. The van der Waals surface area contributed by atoms with Crippen molar-refractivity contribution in [2.45, 2.75) is 20.1 Å². The normalized spacial score (nSPS) is 11.4. The minimum absolute atomic E-state index is 0.0155. The van der Waals surface area contributed by atoms with Gasteiger partial charge in [0.2, 0.25) is 0 Å². The summed E-state index contributed by atoms with van der Waals surface area (Å²) in [7, 11) is 0. The third-order valence-corrected chi connectivity index (χ3v) is 4.67. The van der Waals surface area contributed by atoms with Gasteiger partial charge in [0.15, 0.2) is 5.69 Å². The van der Waals surface area contributed by atoms with Crippen LogP contribution in [0.25, 0.3) is 0 Å². The Labute approximate surface area is 197 Å². The molecule has 9 heteroatoms. The molecule has 0 saturated heterocycles. The maximum atomic E-state index is 12.5. The topological polar surface area (TPSA) is 116 Å². The molecule has 1 amide bonds. The van der Waals surface area contributed by atoms with Crippen molar-refractivity contribution >= 4 is 12.2 Å². The fourth-order valence-electron chi connectivity index (χ4n) is 2.95. The zero-order valence-electron chi connectivity index (χ0n) is 18.8. The fourth-order valence-corrected chi connectivity index (χ4v) is 2.95. The molecule has 176 valence electrons. The lowest BCUT2D eigenvalue weighted by Gasteiger charge is -2.11. The van der Waals surface area contributed by atoms with Crippen LogP contribution in [0.4, 0.5) is 0 Å². The zero-order chi connectivity index (χ0) is 24.2. The number of carbonyl (C=O) groups excluding carboxylic acids is 2. The summed E-state index contributed by atoms with van der Waals surface area (Å²) in [6.07, 6.45) is 5.84. The molecule has 0 fully saturated rings. The number of carbonyl (C=O) groups is 2. The van der Waals surface area contributed by atoms with Crippen molar-refractivity contribution in [2.24, 2.45) is 0 Å². The van der Waals surface area contributed by atoms with Crippen LogP contribution in [0.5, 0.6) is 17.2 Å². The second kappa shape index (κ2) is 12.7. The van der Waals surface area contributed by atoms with E-state index in [0.717, 1.165) is 6.29 Å². The van der Waals surface area contributed by atoms with E-state index in [9.17, 15) is 9.59 Å². The first-order valence-electron chi connectivity index (χ1n) is 10.7. The van der Waals surface area contributed by atoms with Crippen molar-refractivity contribution < 1.29 is 24.2 Å². The van der Waals surface area contributed by atoms with Gasteiger partial charge in [0.05, 0.1) is 13.2 Å². The van der Waals surface area contributed by atoms with Gasteiger partial charge >= 0.3 is 0 Å². The lowest BCUT2D eigenvalue weighted by molar-refractivity contribution is -0.104. The van der Waals surface area contributed by atoms with E-state index in [1.165, 1.54) is 4.68 Å². The Morgan fingerprint density at radius 2 is 1.88 bits per heavy atom. The Morgan fingerprint density at radius 1 is 1.12 bits per heavy atom. The molecule has 0 aliphatic heterocycles. The first-order valence-corrected chi connectivity index (χ1v) is 10.7. The van der Waals surface area contributed by atoms with E-state index in [4.69, 9.17) is 14.6 Å². The standard InChI is InChI=1S/C25H26N4O5/c1-2-19(17-31)8-7-14-29-23(24(27-28-29)25(32)26-13-15-30)18-33-21-11-6-12-22(16-21)34-20-9-4-3-5-10-20/h2-12,16-17,30H,13-15,18H2,1H3,(H,26,32)/b8-7-,19-2+. The lowest BCUT2D eigenvalue weighted by atomic mass is 10.2. The first kappa shape index (κ1) is 24.4. The number of nitrogens with one attached hydrogen (secondary N) is 1. The van der Waals surface area contributed by atoms with Crippen molar-refractivity contribution in [3.63, 3.8) is 0 Å². The molecule has 2 N–H and O–H groups in total. The number of rotatable bonds is 12. The predicted octanol–water partition coefficient (Wildman–Crippen LogP) is 3.07. The van der Waals surface area contributed by atoms with Gasteiger partial charge in [0.1, 0.15) is 35.8 Å². The summed E-state index contributed by atoms with van der Waals surface area (Å²) in [5.74, 6) is 1.38. The van der Waals surface area contributed by atoms with Gasteiger partial charge in [-0.2, -0.15) is 0 Å². The van der Waals surface area contributed by atoms with E-state index in [2.05, 4.69) is 15.6 Å². The number of aliphatic hydroxyl groups excluding tert-OH is 1. The van der Waals surface area contributed by atoms with Crippen LogP contribution >= 0.6 is 0 Å². The van der Waals surface area contributed by atoms with Gasteiger partial charge in [-0.15, -0.1) is 5.10 Å². The first-order chi connectivity index (χ1) is 16.6. The van der Waals surface area contributed by atoms with Crippen LogP contribution in [0.3, 0.4) is 0 Å². The van der Waals surface area contributed by atoms with Gasteiger partial charge in [-0.3, -0.25) is 9.59 Å².